The molecule has 0 aromatic rings. The molecule has 32 heavy (non-hydrogen) atoms. The Morgan fingerprint density at radius 1 is 0.656 bits per heavy atom. The maximum Gasteiger partial charge on any atom is 0.460 e. The van der Waals surface area contributed by atoms with E-state index in [0.717, 1.165) is 0 Å². The summed E-state index contributed by atoms with van der Waals surface area (Å²) in [5.41, 5.74) is 5.51. The van der Waals surface area contributed by atoms with Crippen LogP contribution in [0.4, 0.5) is 57.1 Å². The molecule has 3 nitrogen and oxygen atoms in total. The smallest absolute Gasteiger partial charge is 0.338 e. The predicted octanol–water partition coefficient (Wildman–Crippen LogP) is 6.45. The Morgan fingerprint density at radius 3 is 1.31 bits per heavy atom. The first-order chi connectivity index (χ1) is 13.5. The lowest BCUT2D eigenvalue weighted by Gasteiger charge is -2.41. The summed E-state index contributed by atoms with van der Waals surface area (Å²) in [4.78, 5) is 0. The van der Waals surface area contributed by atoms with Crippen LogP contribution in [0.5, 0.6) is 0 Å². The summed E-state index contributed by atoms with van der Waals surface area (Å²) in [6.07, 6.45) is -9.57. The van der Waals surface area contributed by atoms with Crippen LogP contribution in [0, 0.1) is 5.92 Å². The largest absolute Gasteiger partial charge is 0.460 e. The second-order valence-electron chi connectivity index (χ2n) is 6.54. The molecule has 0 aromatic heterocycles. The van der Waals surface area contributed by atoms with E-state index in [2.05, 4.69) is 0 Å². The Balaban J connectivity index is 0. The van der Waals surface area contributed by atoms with Gasteiger partial charge in [-0.1, -0.05) is 6.92 Å². The number of rotatable bonds is 12. The zero-order chi connectivity index (χ0) is 25.3. The zero-order valence-corrected chi connectivity index (χ0v) is 19.0. The normalized spacial score (nSPS) is 16.0. The predicted molar refractivity (Wildman–Crippen MR) is 94.8 cm³/mol. The van der Waals surface area contributed by atoms with Gasteiger partial charge in [-0.2, -0.15) is 57.1 Å². The van der Waals surface area contributed by atoms with Gasteiger partial charge in [-0.15, -0.1) is 24.0 Å². The monoisotopic (exact) mass is 621 g/mol. The Labute approximate surface area is 191 Å². The van der Waals surface area contributed by atoms with E-state index >= 15 is 0 Å². The van der Waals surface area contributed by atoms with E-state index in [4.69, 9.17) is 15.2 Å². The number of alkyl halides is 13. The lowest BCUT2D eigenvalue weighted by molar-refractivity contribution is -0.443. The summed E-state index contributed by atoms with van der Waals surface area (Å²) < 4.78 is 181. The van der Waals surface area contributed by atoms with Crippen molar-refractivity contribution in [1.82, 2.24) is 0 Å². The molecule has 0 spiro atoms. The molecule has 0 amide bonds. The summed E-state index contributed by atoms with van der Waals surface area (Å²) in [6.45, 7) is 2.50. The molecule has 0 rings (SSSR count). The fourth-order valence-corrected chi connectivity index (χ4v) is 2.36. The molecule has 0 aliphatic heterocycles. The SMILES string of the molecule is CCOC(N)(CCC(C)C(F)(F)C(F)(F)C(F)(F)C(F)(F)C(F)(F)C(F)(F)F)OCC.I. The van der Waals surface area contributed by atoms with Crippen LogP contribution in [0.2, 0.25) is 0 Å². The molecule has 1 unspecified atom stereocenters. The molecule has 0 saturated heterocycles. The molecule has 0 heterocycles. The molecule has 0 aromatic carbocycles. The summed E-state index contributed by atoms with van der Waals surface area (Å²) in [7, 11) is 0. The molecule has 0 aliphatic rings. The van der Waals surface area contributed by atoms with E-state index in [0.29, 0.717) is 0 Å². The van der Waals surface area contributed by atoms with Crippen LogP contribution in [0.15, 0.2) is 0 Å². The van der Waals surface area contributed by atoms with Crippen LogP contribution in [-0.4, -0.2) is 54.9 Å². The van der Waals surface area contributed by atoms with Gasteiger partial charge < -0.3 is 9.47 Å². The van der Waals surface area contributed by atoms with Crippen molar-refractivity contribution < 1.29 is 66.5 Å². The van der Waals surface area contributed by atoms with Gasteiger partial charge in [0.05, 0.1) is 0 Å². The fourth-order valence-electron chi connectivity index (χ4n) is 2.36. The second-order valence-corrected chi connectivity index (χ2v) is 6.54. The number of ether oxygens (including phenoxy) is 2. The number of hydrogen-bond donors (Lipinski definition) is 1. The topological polar surface area (TPSA) is 44.5 Å². The van der Waals surface area contributed by atoms with Crippen molar-refractivity contribution in [3.63, 3.8) is 0 Å². The first-order valence-corrected chi connectivity index (χ1v) is 8.52. The highest BCUT2D eigenvalue weighted by Crippen LogP contribution is 2.61. The Morgan fingerprint density at radius 2 is 1.00 bits per heavy atom. The van der Waals surface area contributed by atoms with E-state index in [1.54, 1.807) is 0 Å². The van der Waals surface area contributed by atoms with Crippen LogP contribution in [0.25, 0.3) is 0 Å². The third kappa shape index (κ3) is 5.84. The van der Waals surface area contributed by atoms with Gasteiger partial charge in [0.2, 0.25) is 5.91 Å². The third-order valence-corrected chi connectivity index (χ3v) is 4.28. The van der Waals surface area contributed by atoms with E-state index < -0.39 is 60.5 Å². The number of hydrogen-bond acceptors (Lipinski definition) is 3. The highest BCUT2D eigenvalue weighted by Gasteiger charge is 2.91. The summed E-state index contributed by atoms with van der Waals surface area (Å²) in [5.74, 6) is -42.1. The maximum atomic E-state index is 14.0. The van der Waals surface area contributed by atoms with Crippen LogP contribution >= 0.6 is 24.0 Å². The van der Waals surface area contributed by atoms with Crippen molar-refractivity contribution in [3.05, 3.63) is 0 Å². The van der Waals surface area contributed by atoms with Gasteiger partial charge in [0.1, 0.15) is 0 Å². The van der Waals surface area contributed by atoms with E-state index in [-0.39, 0.29) is 44.1 Å². The van der Waals surface area contributed by atoms with Crippen molar-refractivity contribution in [3.8, 4) is 0 Å². The summed E-state index contributed by atoms with van der Waals surface area (Å²) in [6, 6.07) is 0. The molecule has 0 radical (unpaired) electrons. The van der Waals surface area contributed by atoms with Crippen molar-refractivity contribution in [2.45, 2.75) is 75.3 Å². The van der Waals surface area contributed by atoms with Crippen LogP contribution < -0.4 is 5.73 Å². The van der Waals surface area contributed by atoms with Gasteiger partial charge in [0.15, 0.2) is 0 Å². The Hall–Kier alpha value is -0.300. The molecule has 0 bridgehead atoms. The number of nitrogens with two attached hydrogens (primary N) is 1. The Kier molecular flexibility index (Phi) is 11.2. The lowest BCUT2D eigenvalue weighted by atomic mass is 9.86. The highest BCUT2D eigenvalue weighted by atomic mass is 127. The van der Waals surface area contributed by atoms with Crippen molar-refractivity contribution in [2.75, 3.05) is 13.2 Å². The Bertz CT molecular complexity index is 592. The summed E-state index contributed by atoms with van der Waals surface area (Å²) >= 11 is 0. The minimum atomic E-state index is -7.92. The summed E-state index contributed by atoms with van der Waals surface area (Å²) in [5, 5.41) is 0. The quantitative estimate of drug-likeness (QED) is 0.155. The van der Waals surface area contributed by atoms with E-state index in [9.17, 15) is 57.1 Å². The molecule has 196 valence electrons. The van der Waals surface area contributed by atoms with Gasteiger partial charge >= 0.3 is 35.8 Å². The lowest BCUT2D eigenvalue weighted by Crippen LogP contribution is -2.70. The zero-order valence-electron chi connectivity index (χ0n) is 16.6. The van der Waals surface area contributed by atoms with Crippen LogP contribution in [-0.2, 0) is 9.47 Å². The van der Waals surface area contributed by atoms with E-state index in [1.807, 2.05) is 0 Å². The first kappa shape index (κ1) is 33.9. The fraction of sp³-hybridized carbons (Fsp3) is 1.00. The second kappa shape index (κ2) is 10.5. The molecular formula is C15H21F13INO2. The van der Waals surface area contributed by atoms with Crippen molar-refractivity contribution >= 4 is 24.0 Å². The van der Waals surface area contributed by atoms with Gasteiger partial charge in [0, 0.05) is 25.6 Å². The maximum absolute atomic E-state index is 14.0. The van der Waals surface area contributed by atoms with Crippen molar-refractivity contribution in [2.24, 2.45) is 11.7 Å². The molecule has 0 saturated carbocycles. The standard InChI is InChI=1S/C15H20F13NO2.HI/c1-4-30-9(29,31-5-2)7-6-8(3)10(16,17)11(18,19)12(20,21)13(22,23)14(24,25)15(26,27)28;/h8H,4-7,29H2,1-3H3;1H. The molecule has 0 fully saturated rings. The van der Waals surface area contributed by atoms with Crippen molar-refractivity contribution in [1.29, 1.82) is 0 Å². The minimum absolute atomic E-state index is 0. The minimum Gasteiger partial charge on any atom is -0.338 e. The van der Waals surface area contributed by atoms with Gasteiger partial charge in [-0.3, -0.25) is 5.73 Å². The molecular weight excluding hydrogens is 600 g/mol. The van der Waals surface area contributed by atoms with Crippen LogP contribution in [0.1, 0.15) is 33.6 Å². The average Bonchev–Trinajstić information content (AvgIpc) is 2.58. The molecule has 2 N–H and O–H groups in total. The van der Waals surface area contributed by atoms with E-state index in [1.165, 1.54) is 13.8 Å². The third-order valence-electron chi connectivity index (χ3n) is 4.28. The van der Waals surface area contributed by atoms with Crippen LogP contribution in [0.3, 0.4) is 0 Å². The van der Waals surface area contributed by atoms with Gasteiger partial charge in [0.25, 0.3) is 0 Å². The molecule has 1 atom stereocenters. The van der Waals surface area contributed by atoms with Gasteiger partial charge in [-0.05, 0) is 20.3 Å². The van der Waals surface area contributed by atoms with Gasteiger partial charge in [-0.25, -0.2) is 0 Å². The highest BCUT2D eigenvalue weighted by molar-refractivity contribution is 14.0. The molecule has 0 aliphatic carbocycles. The first-order valence-electron chi connectivity index (χ1n) is 8.52. The molecule has 17 heteroatoms. The number of halogens is 14. The average molecular weight is 621 g/mol.